The summed E-state index contributed by atoms with van der Waals surface area (Å²) in [7, 11) is 1.67. The summed E-state index contributed by atoms with van der Waals surface area (Å²) < 4.78 is 0. The molecule has 0 aliphatic carbocycles. The van der Waals surface area contributed by atoms with Crippen LogP contribution < -0.4 is 4.90 Å². The molecule has 0 saturated heterocycles. The Labute approximate surface area is 117 Å². The van der Waals surface area contributed by atoms with Gasteiger partial charge in [-0.05, 0) is 42.3 Å². The fourth-order valence-corrected chi connectivity index (χ4v) is 1.92. The fourth-order valence-electron chi connectivity index (χ4n) is 1.92. The van der Waals surface area contributed by atoms with E-state index in [1.54, 1.807) is 7.05 Å². The number of hydrogen-bond donors (Lipinski definition) is 2. The second-order valence-corrected chi connectivity index (χ2v) is 4.59. The van der Waals surface area contributed by atoms with Crippen molar-refractivity contribution < 1.29 is 15.0 Å². The van der Waals surface area contributed by atoms with E-state index in [1.165, 1.54) is 28.7 Å². The first kappa shape index (κ1) is 13.9. The van der Waals surface area contributed by atoms with Gasteiger partial charge in [0.2, 0.25) is 0 Å². The lowest BCUT2D eigenvalue weighted by molar-refractivity contribution is 0.0992. The van der Waals surface area contributed by atoms with E-state index in [0.29, 0.717) is 5.56 Å². The first-order valence-corrected chi connectivity index (χ1v) is 6.42. The molecule has 4 heteroatoms. The molecule has 2 aromatic rings. The topological polar surface area (TPSA) is 60.8 Å². The third-order valence-corrected chi connectivity index (χ3v) is 3.26. The molecule has 2 N–H and O–H groups in total. The monoisotopic (exact) mass is 271 g/mol. The summed E-state index contributed by atoms with van der Waals surface area (Å²) in [5, 5.41) is 18.7. The molecule has 0 aromatic heterocycles. The minimum absolute atomic E-state index is 0.239. The Morgan fingerprint density at radius 3 is 2.25 bits per heavy atom. The van der Waals surface area contributed by atoms with Gasteiger partial charge >= 0.3 is 0 Å². The summed E-state index contributed by atoms with van der Waals surface area (Å²) in [4.78, 5) is 13.8. The summed E-state index contributed by atoms with van der Waals surface area (Å²) >= 11 is 0. The molecule has 0 atom stereocenters. The molecular weight excluding hydrogens is 254 g/mol. The molecule has 0 radical (unpaired) electrons. The van der Waals surface area contributed by atoms with Crippen molar-refractivity contribution in [2.75, 3.05) is 11.9 Å². The number of anilines is 1. The van der Waals surface area contributed by atoms with Gasteiger partial charge in [-0.3, -0.25) is 4.79 Å². The van der Waals surface area contributed by atoms with E-state index >= 15 is 0 Å². The maximum atomic E-state index is 12.3. The van der Waals surface area contributed by atoms with E-state index < -0.39 is 0 Å². The number of benzene rings is 2. The van der Waals surface area contributed by atoms with Crippen LogP contribution in [0.15, 0.2) is 42.5 Å². The Hall–Kier alpha value is -2.49. The molecule has 2 aromatic carbocycles. The largest absolute Gasteiger partial charge is 0.504 e. The molecule has 2 rings (SSSR count). The van der Waals surface area contributed by atoms with Gasteiger partial charge in [0.1, 0.15) is 0 Å². The summed E-state index contributed by atoms with van der Waals surface area (Å²) in [6.07, 6.45) is 0.948. The first-order valence-electron chi connectivity index (χ1n) is 6.42. The highest BCUT2D eigenvalue weighted by Gasteiger charge is 2.15. The van der Waals surface area contributed by atoms with Crippen LogP contribution in [0.2, 0.25) is 0 Å². The molecule has 0 aliphatic heterocycles. The Morgan fingerprint density at radius 1 is 1.05 bits per heavy atom. The Balaban J connectivity index is 2.24. The van der Waals surface area contributed by atoms with E-state index in [9.17, 15) is 15.0 Å². The number of phenols is 2. The van der Waals surface area contributed by atoms with Crippen LogP contribution >= 0.6 is 0 Å². The van der Waals surface area contributed by atoms with Crippen molar-refractivity contribution in [1.29, 1.82) is 0 Å². The van der Waals surface area contributed by atoms with Crippen molar-refractivity contribution >= 4 is 11.6 Å². The van der Waals surface area contributed by atoms with Crippen molar-refractivity contribution in [3.05, 3.63) is 53.6 Å². The minimum atomic E-state index is -0.300. The van der Waals surface area contributed by atoms with Crippen LogP contribution in [0.25, 0.3) is 0 Å². The Bertz CT molecular complexity index is 620. The highest BCUT2D eigenvalue weighted by molar-refractivity contribution is 6.06. The Morgan fingerprint density at radius 2 is 1.70 bits per heavy atom. The maximum absolute atomic E-state index is 12.3. The van der Waals surface area contributed by atoms with Gasteiger partial charge in [-0.2, -0.15) is 0 Å². The van der Waals surface area contributed by atoms with Gasteiger partial charge in [0, 0.05) is 18.3 Å². The van der Waals surface area contributed by atoms with E-state index in [4.69, 9.17) is 0 Å². The predicted molar refractivity (Wildman–Crippen MR) is 78.3 cm³/mol. The highest BCUT2D eigenvalue weighted by Crippen LogP contribution is 2.26. The van der Waals surface area contributed by atoms with E-state index in [0.717, 1.165) is 12.1 Å². The zero-order chi connectivity index (χ0) is 14.7. The number of aromatic hydroxyl groups is 2. The molecule has 20 heavy (non-hydrogen) atoms. The Kier molecular flexibility index (Phi) is 3.94. The molecule has 0 unspecified atom stereocenters. The van der Waals surface area contributed by atoms with Gasteiger partial charge in [-0.15, -0.1) is 0 Å². The number of hydrogen-bond acceptors (Lipinski definition) is 3. The molecule has 0 bridgehead atoms. The highest BCUT2D eigenvalue weighted by atomic mass is 16.3. The number of carbonyl (C=O) groups is 1. The average Bonchev–Trinajstić information content (AvgIpc) is 2.48. The van der Waals surface area contributed by atoms with Gasteiger partial charge in [0.05, 0.1) is 0 Å². The number of carbonyl (C=O) groups excluding carboxylic acids is 1. The summed E-state index contributed by atoms with van der Waals surface area (Å²) in [6.45, 7) is 2.07. The molecule has 0 saturated carbocycles. The van der Waals surface area contributed by atoms with Crippen LogP contribution in [0.3, 0.4) is 0 Å². The molecule has 0 spiro atoms. The lowest BCUT2D eigenvalue weighted by Crippen LogP contribution is -2.26. The van der Waals surface area contributed by atoms with Crippen LogP contribution in [0.5, 0.6) is 11.5 Å². The second kappa shape index (κ2) is 5.65. The van der Waals surface area contributed by atoms with E-state index in [-0.39, 0.29) is 17.4 Å². The molecule has 1 amide bonds. The van der Waals surface area contributed by atoms with Crippen LogP contribution in [0, 0.1) is 0 Å². The first-order chi connectivity index (χ1) is 9.52. The van der Waals surface area contributed by atoms with Crippen molar-refractivity contribution in [3.63, 3.8) is 0 Å². The van der Waals surface area contributed by atoms with Crippen molar-refractivity contribution in [2.24, 2.45) is 0 Å². The summed E-state index contributed by atoms with van der Waals surface area (Å²) in [5.41, 5.74) is 2.30. The number of aryl methyl sites for hydroxylation is 1. The summed E-state index contributed by atoms with van der Waals surface area (Å²) in [6, 6.07) is 11.8. The van der Waals surface area contributed by atoms with E-state index in [2.05, 4.69) is 6.92 Å². The predicted octanol–water partition coefficient (Wildman–Crippen LogP) is 2.94. The number of phenolic OH excluding ortho intramolecular Hbond substituents is 2. The number of rotatable bonds is 3. The van der Waals surface area contributed by atoms with Gasteiger partial charge < -0.3 is 15.1 Å². The molecule has 0 heterocycles. The van der Waals surface area contributed by atoms with Crippen molar-refractivity contribution in [3.8, 4) is 11.5 Å². The lowest BCUT2D eigenvalue weighted by atomic mass is 10.1. The maximum Gasteiger partial charge on any atom is 0.258 e. The zero-order valence-corrected chi connectivity index (χ0v) is 11.5. The van der Waals surface area contributed by atoms with Crippen LogP contribution in [-0.2, 0) is 6.42 Å². The molecule has 0 fully saturated rings. The third-order valence-electron chi connectivity index (χ3n) is 3.26. The normalized spacial score (nSPS) is 10.3. The van der Waals surface area contributed by atoms with Crippen molar-refractivity contribution in [1.82, 2.24) is 0 Å². The number of amides is 1. The standard InChI is InChI=1S/C16H17NO3/c1-3-11-4-7-13(8-5-11)17(2)16(20)12-6-9-14(18)15(19)10-12/h4-10,18-19H,3H2,1-2H3. The van der Waals surface area contributed by atoms with Crippen LogP contribution in [-0.4, -0.2) is 23.2 Å². The van der Waals surface area contributed by atoms with Gasteiger partial charge in [-0.1, -0.05) is 19.1 Å². The molecule has 104 valence electrons. The van der Waals surface area contributed by atoms with Crippen molar-refractivity contribution in [2.45, 2.75) is 13.3 Å². The smallest absolute Gasteiger partial charge is 0.258 e. The molecular formula is C16H17NO3. The molecule has 0 aliphatic rings. The van der Waals surface area contributed by atoms with Crippen LogP contribution in [0.4, 0.5) is 5.69 Å². The van der Waals surface area contributed by atoms with Gasteiger partial charge in [0.25, 0.3) is 5.91 Å². The SMILES string of the molecule is CCc1ccc(N(C)C(=O)c2ccc(O)c(O)c2)cc1. The lowest BCUT2D eigenvalue weighted by Gasteiger charge is -2.18. The minimum Gasteiger partial charge on any atom is -0.504 e. The zero-order valence-electron chi connectivity index (χ0n) is 11.5. The fraction of sp³-hybridized carbons (Fsp3) is 0.188. The third kappa shape index (κ3) is 2.74. The van der Waals surface area contributed by atoms with Crippen LogP contribution in [0.1, 0.15) is 22.8 Å². The number of nitrogens with zero attached hydrogens (tertiary/aromatic N) is 1. The van der Waals surface area contributed by atoms with E-state index in [1.807, 2.05) is 24.3 Å². The van der Waals surface area contributed by atoms with Gasteiger partial charge in [0.15, 0.2) is 11.5 Å². The summed E-state index contributed by atoms with van der Waals surface area (Å²) in [5.74, 6) is -0.786. The second-order valence-electron chi connectivity index (χ2n) is 4.59. The molecule has 4 nitrogen and oxygen atoms in total. The quantitative estimate of drug-likeness (QED) is 0.844. The van der Waals surface area contributed by atoms with Gasteiger partial charge in [-0.25, -0.2) is 0 Å². The average molecular weight is 271 g/mol.